The first kappa shape index (κ1) is 29.3. The molecule has 0 aliphatic rings. The second kappa shape index (κ2) is 29.2. The molecule has 0 fully saturated rings. The molecular formula is C13H27Y-. The Labute approximate surface area is 117 Å². The first-order chi connectivity index (χ1) is 5.39. The van der Waals surface area contributed by atoms with Gasteiger partial charge in [0.1, 0.15) is 0 Å². The largest absolute Gasteiger partial charge is 0.358 e. The molecule has 0 heterocycles. The summed E-state index contributed by atoms with van der Waals surface area (Å²) in [6.07, 6.45) is 0. The van der Waals surface area contributed by atoms with Gasteiger partial charge in [0, 0.05) is 32.7 Å². The van der Waals surface area contributed by atoms with Crippen molar-refractivity contribution in [3.63, 3.8) is 0 Å². The van der Waals surface area contributed by atoms with E-state index in [0.29, 0.717) is 0 Å². The van der Waals surface area contributed by atoms with Crippen molar-refractivity contribution in [3.05, 3.63) is 43.3 Å². The zero-order chi connectivity index (χ0) is 9.11. The summed E-state index contributed by atoms with van der Waals surface area (Å²) in [4.78, 5) is 0. The molecule has 1 aromatic rings. The first-order valence-corrected chi connectivity index (χ1v) is 4.41. The third kappa shape index (κ3) is 22.8. The van der Waals surface area contributed by atoms with Crippen molar-refractivity contribution in [1.82, 2.24) is 0 Å². The van der Waals surface area contributed by atoms with Gasteiger partial charge in [-0.2, -0.15) is 0 Å². The Morgan fingerprint density at radius 1 is 0.786 bits per heavy atom. The molecule has 1 heteroatoms. The number of benzene rings is 1. The van der Waals surface area contributed by atoms with E-state index in [-0.39, 0.29) is 47.6 Å². The number of rotatable bonds is 0. The molecule has 0 N–H and O–H groups in total. The summed E-state index contributed by atoms with van der Waals surface area (Å²) in [7, 11) is 0. The van der Waals surface area contributed by atoms with Crippen molar-refractivity contribution in [1.29, 1.82) is 0 Å². The van der Waals surface area contributed by atoms with Crippen LogP contribution in [0.1, 0.15) is 40.7 Å². The third-order valence-corrected chi connectivity index (χ3v) is 0.940. The van der Waals surface area contributed by atoms with Crippen LogP contribution in [0.15, 0.2) is 30.3 Å². The second-order valence-electron chi connectivity index (χ2n) is 1.65. The smallest absolute Gasteiger partial charge is 0 e. The van der Waals surface area contributed by atoms with Gasteiger partial charge in [0.25, 0.3) is 0 Å². The van der Waals surface area contributed by atoms with E-state index >= 15 is 0 Å². The van der Waals surface area contributed by atoms with Crippen molar-refractivity contribution in [2.24, 2.45) is 0 Å². The Morgan fingerprint density at radius 2 is 1.07 bits per heavy atom. The minimum absolute atomic E-state index is 0. The van der Waals surface area contributed by atoms with Crippen LogP contribution in [0.3, 0.4) is 0 Å². The van der Waals surface area contributed by atoms with Crippen LogP contribution in [0, 0.1) is 14.4 Å². The molecule has 0 saturated carbocycles. The van der Waals surface area contributed by atoms with Gasteiger partial charge >= 0.3 is 0 Å². The molecule has 0 unspecified atom stereocenters. The van der Waals surface area contributed by atoms with Crippen LogP contribution in [0.25, 0.3) is 0 Å². The molecule has 14 heavy (non-hydrogen) atoms. The van der Waals surface area contributed by atoms with Crippen LogP contribution in [-0.2, 0) is 32.7 Å². The van der Waals surface area contributed by atoms with Gasteiger partial charge in [0.2, 0.25) is 0 Å². The summed E-state index contributed by atoms with van der Waals surface area (Å²) >= 11 is 0. The maximum Gasteiger partial charge on any atom is 0 e. The maximum atomic E-state index is 2.08. The minimum Gasteiger partial charge on any atom is -0.358 e. The average molecular weight is 272 g/mol. The third-order valence-electron chi connectivity index (χ3n) is 0.940. The number of hydrogen-bond acceptors (Lipinski definition) is 0. The molecule has 1 rings (SSSR count). The van der Waals surface area contributed by atoms with Crippen LogP contribution in [0.2, 0.25) is 0 Å². The Morgan fingerprint density at radius 3 is 1.21 bits per heavy atom. The van der Waals surface area contributed by atoms with E-state index in [1.807, 2.05) is 45.9 Å². The Balaban J connectivity index is -0.0000000350. The molecule has 1 aromatic carbocycles. The van der Waals surface area contributed by atoms with Crippen LogP contribution in [-0.4, -0.2) is 0 Å². The fourth-order valence-electron chi connectivity index (χ4n) is 0.534. The van der Waals surface area contributed by atoms with E-state index in [2.05, 4.69) is 19.1 Å². The zero-order valence-electron chi connectivity index (χ0n) is 9.96. The summed E-state index contributed by atoms with van der Waals surface area (Å²) in [5, 5.41) is 0. The molecule has 0 aromatic heterocycles. The summed E-state index contributed by atoms with van der Waals surface area (Å²) in [5.74, 6) is 0. The van der Waals surface area contributed by atoms with Crippen LogP contribution < -0.4 is 0 Å². The maximum absolute atomic E-state index is 2.08. The fraction of sp³-hybridized carbons (Fsp3) is 0.462. The normalized spacial score (nSPS) is 5.21. The van der Waals surface area contributed by atoms with E-state index < -0.39 is 0 Å². The molecular weight excluding hydrogens is 245 g/mol. The molecule has 0 bridgehead atoms. The average Bonchev–Trinajstić information content (AvgIpc) is 2.13. The van der Waals surface area contributed by atoms with E-state index in [9.17, 15) is 0 Å². The molecule has 1 radical (unpaired) electrons. The molecule has 0 saturated heterocycles. The van der Waals surface area contributed by atoms with Gasteiger partial charge in [-0.3, -0.25) is 0 Å². The van der Waals surface area contributed by atoms with Crippen molar-refractivity contribution in [2.45, 2.75) is 42.0 Å². The molecule has 0 nitrogen and oxygen atoms in total. The minimum atomic E-state index is 0. The number of hydrogen-bond donors (Lipinski definition) is 0. The van der Waals surface area contributed by atoms with Gasteiger partial charge in [-0.15, -0.1) is 0 Å². The Bertz CT molecular complexity index is 135. The zero-order valence-corrected chi connectivity index (χ0v) is 12.8. The Hall–Kier alpha value is 0.324. The molecule has 0 aliphatic carbocycles. The summed E-state index contributed by atoms with van der Waals surface area (Å²) in [5.41, 5.74) is 1.32. The van der Waals surface area contributed by atoms with E-state index in [0.717, 1.165) is 0 Å². The fourth-order valence-corrected chi connectivity index (χ4v) is 0.534. The predicted octanol–water partition coefficient (Wildman–Crippen LogP) is 5.13. The monoisotopic (exact) mass is 272 g/mol. The van der Waals surface area contributed by atoms with Crippen LogP contribution >= 0.6 is 0 Å². The van der Waals surface area contributed by atoms with E-state index in [4.69, 9.17) is 0 Å². The quantitative estimate of drug-likeness (QED) is 0.574. The van der Waals surface area contributed by atoms with Crippen molar-refractivity contribution >= 4 is 0 Å². The molecule has 83 valence electrons. The van der Waals surface area contributed by atoms with Crippen molar-refractivity contribution in [2.75, 3.05) is 0 Å². The Kier molecular flexibility index (Phi) is 61.0. The predicted molar refractivity (Wildman–Crippen MR) is 67.0 cm³/mol. The summed E-state index contributed by atoms with van der Waals surface area (Å²) in [6.45, 7) is 10.1. The van der Waals surface area contributed by atoms with E-state index in [1.165, 1.54) is 5.56 Å². The first-order valence-electron chi connectivity index (χ1n) is 4.41. The molecule has 0 amide bonds. The van der Waals surface area contributed by atoms with E-state index in [1.54, 1.807) is 0 Å². The van der Waals surface area contributed by atoms with Crippen LogP contribution in [0.5, 0.6) is 0 Å². The van der Waals surface area contributed by atoms with Crippen molar-refractivity contribution in [3.8, 4) is 0 Å². The second-order valence-corrected chi connectivity index (χ2v) is 1.65. The summed E-state index contributed by atoms with van der Waals surface area (Å²) < 4.78 is 0. The van der Waals surface area contributed by atoms with Gasteiger partial charge in [-0.05, 0) is 6.92 Å². The molecule has 0 aliphatic heterocycles. The van der Waals surface area contributed by atoms with Gasteiger partial charge in [-0.1, -0.05) is 71.0 Å². The number of aryl methyl sites for hydroxylation is 1. The van der Waals surface area contributed by atoms with Gasteiger partial charge in [0.05, 0.1) is 0 Å². The molecule has 0 spiro atoms. The van der Waals surface area contributed by atoms with Gasteiger partial charge < -0.3 is 7.43 Å². The van der Waals surface area contributed by atoms with Gasteiger partial charge in [0.15, 0.2) is 0 Å². The SMILES string of the molecule is C.CC.CC.Cc1ccccc1.[CH3-].[Y]. The standard InChI is InChI=1S/C7H8.2C2H6.CH4.CH3.Y/c1-7-5-3-2-4-6-7;2*1-2;;;/h2-6H,1H3;2*1-2H3;1H4;1H3;/q;;;;-1;. The summed E-state index contributed by atoms with van der Waals surface area (Å²) in [6, 6.07) is 10.3. The molecule has 0 atom stereocenters. The topological polar surface area (TPSA) is 0 Å². The van der Waals surface area contributed by atoms with Gasteiger partial charge in [-0.25, -0.2) is 0 Å². The van der Waals surface area contributed by atoms with Crippen LogP contribution in [0.4, 0.5) is 0 Å². The van der Waals surface area contributed by atoms with Crippen molar-refractivity contribution < 1.29 is 32.7 Å².